The van der Waals surface area contributed by atoms with E-state index in [-0.39, 0.29) is 0 Å². The summed E-state index contributed by atoms with van der Waals surface area (Å²) in [5, 5.41) is 9.18. The van der Waals surface area contributed by atoms with Gasteiger partial charge < -0.3 is 0 Å². The topological polar surface area (TPSA) is 36.7 Å². The number of thioether (sulfide) groups is 1. The van der Waals surface area contributed by atoms with Gasteiger partial charge >= 0.3 is 0 Å². The fraction of sp³-hybridized carbons (Fsp3) is 0.571. The summed E-state index contributed by atoms with van der Waals surface area (Å²) >= 11 is 1.83. The predicted molar refractivity (Wildman–Crippen MR) is 71.1 cm³/mol. The van der Waals surface area contributed by atoms with Gasteiger partial charge in [-0.1, -0.05) is 12.8 Å². The lowest BCUT2D eigenvalue weighted by Gasteiger charge is -2.11. The molecule has 0 amide bonds. The second-order valence-corrected chi connectivity index (χ2v) is 5.86. The van der Waals surface area contributed by atoms with Gasteiger partial charge in [0, 0.05) is 16.3 Å². The third-order valence-corrected chi connectivity index (χ3v) is 4.62. The van der Waals surface area contributed by atoms with Crippen LogP contribution in [-0.2, 0) is 0 Å². The van der Waals surface area contributed by atoms with E-state index in [9.17, 15) is 5.26 Å². The number of hydrogen-bond donors (Lipinski definition) is 0. The van der Waals surface area contributed by atoms with E-state index in [1.165, 1.54) is 25.7 Å². The molecule has 17 heavy (non-hydrogen) atoms. The Labute approximate surface area is 107 Å². The molecule has 0 aliphatic heterocycles. The van der Waals surface area contributed by atoms with Gasteiger partial charge in [0.2, 0.25) is 0 Å². The zero-order valence-electron chi connectivity index (χ0n) is 10.5. The van der Waals surface area contributed by atoms with Crippen LogP contribution in [0.3, 0.4) is 0 Å². The second kappa shape index (κ2) is 5.55. The van der Waals surface area contributed by atoms with Crippen molar-refractivity contribution in [3.63, 3.8) is 0 Å². The minimum atomic E-state index is 0.763. The third-order valence-electron chi connectivity index (χ3n) is 3.35. The van der Waals surface area contributed by atoms with Gasteiger partial charge in [0.1, 0.15) is 6.07 Å². The van der Waals surface area contributed by atoms with Crippen molar-refractivity contribution in [1.82, 2.24) is 4.98 Å². The van der Waals surface area contributed by atoms with Gasteiger partial charge in [-0.15, -0.1) is 11.8 Å². The summed E-state index contributed by atoms with van der Waals surface area (Å²) in [5.41, 5.74) is 2.63. The molecule has 0 radical (unpaired) electrons. The van der Waals surface area contributed by atoms with Crippen LogP contribution >= 0.6 is 11.8 Å². The maximum Gasteiger partial charge on any atom is 0.102 e. The SMILES string of the molecule is Cc1cc(SCC2CCCC2)c(C#N)c(C)n1. The molecule has 1 aromatic heterocycles. The number of aromatic nitrogens is 1. The fourth-order valence-corrected chi connectivity index (χ4v) is 3.77. The summed E-state index contributed by atoms with van der Waals surface area (Å²) in [4.78, 5) is 5.46. The Kier molecular flexibility index (Phi) is 4.06. The zero-order valence-corrected chi connectivity index (χ0v) is 11.3. The van der Waals surface area contributed by atoms with Crippen molar-refractivity contribution in [2.75, 3.05) is 5.75 Å². The molecule has 0 aromatic carbocycles. The van der Waals surface area contributed by atoms with Gasteiger partial charge in [-0.05, 0) is 38.7 Å². The zero-order chi connectivity index (χ0) is 12.3. The Bertz CT molecular complexity index is 442. The van der Waals surface area contributed by atoms with E-state index in [1.807, 2.05) is 31.7 Å². The van der Waals surface area contributed by atoms with E-state index in [0.29, 0.717) is 0 Å². The van der Waals surface area contributed by atoms with Crippen LogP contribution in [0.25, 0.3) is 0 Å². The molecule has 2 nitrogen and oxygen atoms in total. The highest BCUT2D eigenvalue weighted by Crippen LogP contribution is 2.32. The van der Waals surface area contributed by atoms with Crippen molar-refractivity contribution in [1.29, 1.82) is 5.26 Å². The van der Waals surface area contributed by atoms with Gasteiger partial charge in [0.15, 0.2) is 0 Å². The van der Waals surface area contributed by atoms with Gasteiger partial charge in [-0.25, -0.2) is 0 Å². The molecule has 1 aliphatic carbocycles. The molecule has 90 valence electrons. The van der Waals surface area contributed by atoms with Crippen molar-refractivity contribution < 1.29 is 0 Å². The number of nitriles is 1. The van der Waals surface area contributed by atoms with Crippen LogP contribution in [0.4, 0.5) is 0 Å². The molecule has 0 unspecified atom stereocenters. The van der Waals surface area contributed by atoms with E-state index < -0.39 is 0 Å². The standard InChI is InChI=1S/C14H18N2S/c1-10-7-14(13(8-15)11(2)16-10)17-9-12-5-3-4-6-12/h7,12H,3-6,9H2,1-2H3. The molecule has 0 N–H and O–H groups in total. The lowest BCUT2D eigenvalue weighted by molar-refractivity contribution is 0.623. The number of hydrogen-bond acceptors (Lipinski definition) is 3. The average Bonchev–Trinajstić information content (AvgIpc) is 2.78. The second-order valence-electron chi connectivity index (χ2n) is 4.80. The number of rotatable bonds is 3. The van der Waals surface area contributed by atoms with Crippen LogP contribution in [0.1, 0.15) is 42.6 Å². The molecule has 0 spiro atoms. The molecule has 0 atom stereocenters. The van der Waals surface area contributed by atoms with Crippen LogP contribution in [0.5, 0.6) is 0 Å². The molecule has 1 fully saturated rings. The molecule has 1 aromatic rings. The first-order valence-electron chi connectivity index (χ1n) is 6.22. The maximum absolute atomic E-state index is 9.18. The van der Waals surface area contributed by atoms with Gasteiger partial charge in [-0.2, -0.15) is 5.26 Å². The molecule has 3 heteroatoms. The Morgan fingerprint density at radius 1 is 1.41 bits per heavy atom. The van der Waals surface area contributed by atoms with Crippen LogP contribution in [0, 0.1) is 31.1 Å². The Hall–Kier alpha value is -1.01. The summed E-state index contributed by atoms with van der Waals surface area (Å²) in [6.45, 7) is 3.92. The van der Waals surface area contributed by atoms with Crippen LogP contribution < -0.4 is 0 Å². The molecule has 1 saturated carbocycles. The Morgan fingerprint density at radius 2 is 2.12 bits per heavy atom. The highest BCUT2D eigenvalue weighted by atomic mass is 32.2. The highest BCUT2D eigenvalue weighted by Gasteiger charge is 2.16. The maximum atomic E-state index is 9.18. The number of pyridine rings is 1. The predicted octanol–water partition coefficient (Wildman–Crippen LogP) is 3.85. The van der Waals surface area contributed by atoms with E-state index in [1.54, 1.807) is 0 Å². The van der Waals surface area contributed by atoms with Crippen molar-refractivity contribution in [2.45, 2.75) is 44.4 Å². The lowest BCUT2D eigenvalue weighted by Crippen LogP contribution is -1.99. The largest absolute Gasteiger partial charge is 0.257 e. The monoisotopic (exact) mass is 246 g/mol. The van der Waals surface area contributed by atoms with E-state index in [4.69, 9.17) is 0 Å². The van der Waals surface area contributed by atoms with Crippen LogP contribution in [-0.4, -0.2) is 10.7 Å². The molecular weight excluding hydrogens is 228 g/mol. The van der Waals surface area contributed by atoms with Crippen LogP contribution in [0.15, 0.2) is 11.0 Å². The first-order chi connectivity index (χ1) is 8.20. The molecule has 1 aliphatic rings. The van der Waals surface area contributed by atoms with E-state index >= 15 is 0 Å². The van der Waals surface area contributed by atoms with Gasteiger partial charge in [-0.3, -0.25) is 4.98 Å². The average molecular weight is 246 g/mol. The van der Waals surface area contributed by atoms with E-state index in [2.05, 4.69) is 11.1 Å². The summed E-state index contributed by atoms with van der Waals surface area (Å²) in [6, 6.07) is 4.33. The van der Waals surface area contributed by atoms with Crippen molar-refractivity contribution in [2.24, 2.45) is 5.92 Å². The number of nitrogens with zero attached hydrogens (tertiary/aromatic N) is 2. The molecule has 2 rings (SSSR count). The van der Waals surface area contributed by atoms with Crippen molar-refractivity contribution in [3.05, 3.63) is 23.0 Å². The molecular formula is C14H18N2S. The first-order valence-corrected chi connectivity index (χ1v) is 7.20. The van der Waals surface area contributed by atoms with Crippen molar-refractivity contribution in [3.8, 4) is 6.07 Å². The molecule has 0 saturated heterocycles. The Balaban J connectivity index is 2.11. The smallest absolute Gasteiger partial charge is 0.102 e. The summed E-state index contributed by atoms with van der Waals surface area (Å²) in [7, 11) is 0. The quantitative estimate of drug-likeness (QED) is 0.760. The van der Waals surface area contributed by atoms with E-state index in [0.717, 1.165) is 33.5 Å². The van der Waals surface area contributed by atoms with Gasteiger partial charge in [0.05, 0.1) is 11.3 Å². The normalized spacial score (nSPS) is 16.1. The Morgan fingerprint density at radius 3 is 2.76 bits per heavy atom. The first kappa shape index (κ1) is 12.4. The summed E-state index contributed by atoms with van der Waals surface area (Å²) < 4.78 is 0. The third kappa shape index (κ3) is 3.01. The fourth-order valence-electron chi connectivity index (χ4n) is 2.43. The van der Waals surface area contributed by atoms with Gasteiger partial charge in [0.25, 0.3) is 0 Å². The van der Waals surface area contributed by atoms with Crippen LogP contribution in [0.2, 0.25) is 0 Å². The highest BCUT2D eigenvalue weighted by molar-refractivity contribution is 7.99. The minimum absolute atomic E-state index is 0.763. The minimum Gasteiger partial charge on any atom is -0.257 e. The summed E-state index contributed by atoms with van der Waals surface area (Å²) in [6.07, 6.45) is 5.48. The van der Waals surface area contributed by atoms with Crippen molar-refractivity contribution >= 4 is 11.8 Å². The number of aryl methyl sites for hydroxylation is 2. The summed E-state index contributed by atoms with van der Waals surface area (Å²) in [5.74, 6) is 2.00. The lowest BCUT2D eigenvalue weighted by atomic mass is 10.1. The molecule has 0 bridgehead atoms. The molecule has 1 heterocycles.